The zero-order valence-electron chi connectivity index (χ0n) is 11.7. The number of nitrogens with one attached hydrogen (secondary N) is 1. The average molecular weight is 299 g/mol. The molecule has 1 aromatic heterocycles. The molecule has 0 aromatic carbocycles. The van der Waals surface area contributed by atoms with Crippen molar-refractivity contribution < 1.29 is 4.74 Å². The Bertz CT molecular complexity index is 393. The van der Waals surface area contributed by atoms with Crippen molar-refractivity contribution >= 4 is 29.3 Å². The highest BCUT2D eigenvalue weighted by Gasteiger charge is 2.27. The Labute approximate surface area is 123 Å². The van der Waals surface area contributed by atoms with Crippen LogP contribution < -0.4 is 5.32 Å². The number of hydrogen-bond donors (Lipinski definition) is 1. The van der Waals surface area contributed by atoms with Crippen LogP contribution in [0, 0.1) is 0 Å². The minimum absolute atomic E-state index is 0.382. The standard InChI is InChI=1S/C13H21N3OS2/c1-4-14-11-7-10(8-17-3)15-13(16-11)12-9(2)18-5-6-19-12/h7,9,12H,4-6,8H2,1-3H3,(H,14,15,16). The van der Waals surface area contributed by atoms with Gasteiger partial charge < -0.3 is 10.1 Å². The number of aromatic nitrogens is 2. The summed E-state index contributed by atoms with van der Waals surface area (Å²) in [5.41, 5.74) is 0.951. The van der Waals surface area contributed by atoms with Crippen molar-refractivity contribution in [2.75, 3.05) is 30.5 Å². The lowest BCUT2D eigenvalue weighted by molar-refractivity contribution is 0.181. The van der Waals surface area contributed by atoms with E-state index in [2.05, 4.69) is 29.1 Å². The van der Waals surface area contributed by atoms with Crippen molar-refractivity contribution in [3.8, 4) is 0 Å². The van der Waals surface area contributed by atoms with Crippen LogP contribution in [0.5, 0.6) is 0 Å². The topological polar surface area (TPSA) is 47.0 Å². The maximum atomic E-state index is 5.20. The molecule has 106 valence electrons. The quantitative estimate of drug-likeness (QED) is 0.902. The van der Waals surface area contributed by atoms with E-state index in [-0.39, 0.29) is 0 Å². The molecular formula is C13H21N3OS2. The van der Waals surface area contributed by atoms with Crippen LogP contribution in [0.1, 0.15) is 30.6 Å². The van der Waals surface area contributed by atoms with Crippen molar-refractivity contribution in [1.82, 2.24) is 9.97 Å². The average Bonchev–Trinajstić information content (AvgIpc) is 2.40. The van der Waals surface area contributed by atoms with Gasteiger partial charge in [-0.2, -0.15) is 11.8 Å². The zero-order chi connectivity index (χ0) is 13.7. The molecule has 1 aliphatic heterocycles. The van der Waals surface area contributed by atoms with Crippen LogP contribution in [-0.4, -0.2) is 40.4 Å². The fourth-order valence-electron chi connectivity index (χ4n) is 2.06. The summed E-state index contributed by atoms with van der Waals surface area (Å²) in [5, 5.41) is 4.22. The van der Waals surface area contributed by atoms with Crippen molar-refractivity contribution in [2.45, 2.75) is 31.0 Å². The maximum absolute atomic E-state index is 5.20. The maximum Gasteiger partial charge on any atom is 0.145 e. The first-order chi connectivity index (χ1) is 9.24. The van der Waals surface area contributed by atoms with E-state index in [1.807, 2.05) is 29.6 Å². The van der Waals surface area contributed by atoms with E-state index in [1.54, 1.807) is 7.11 Å². The molecule has 1 aliphatic rings. The second-order valence-electron chi connectivity index (χ2n) is 4.43. The third-order valence-corrected chi connectivity index (χ3v) is 5.98. The first kappa shape index (κ1) is 14.9. The molecule has 4 nitrogen and oxygen atoms in total. The summed E-state index contributed by atoms with van der Waals surface area (Å²) in [4.78, 5) is 9.34. The lowest BCUT2D eigenvalue weighted by Gasteiger charge is -2.27. The Morgan fingerprint density at radius 2 is 2.16 bits per heavy atom. The fourth-order valence-corrected chi connectivity index (χ4v) is 4.74. The van der Waals surface area contributed by atoms with Gasteiger partial charge in [0.1, 0.15) is 11.6 Å². The Morgan fingerprint density at radius 3 is 2.84 bits per heavy atom. The first-order valence-electron chi connectivity index (χ1n) is 6.58. The minimum Gasteiger partial charge on any atom is -0.378 e. The van der Waals surface area contributed by atoms with Crippen LogP contribution >= 0.6 is 23.5 Å². The molecule has 0 bridgehead atoms. The van der Waals surface area contributed by atoms with Crippen molar-refractivity contribution in [3.05, 3.63) is 17.6 Å². The van der Waals surface area contributed by atoms with Gasteiger partial charge in [-0.15, -0.1) is 11.8 Å². The van der Waals surface area contributed by atoms with Crippen LogP contribution in [0.15, 0.2) is 6.07 Å². The number of thioether (sulfide) groups is 2. The Morgan fingerprint density at radius 1 is 1.37 bits per heavy atom. The molecule has 0 amide bonds. The first-order valence-corrected chi connectivity index (χ1v) is 8.68. The number of methoxy groups -OCH3 is 1. The highest BCUT2D eigenvalue weighted by Crippen LogP contribution is 2.41. The highest BCUT2D eigenvalue weighted by atomic mass is 32.2. The zero-order valence-corrected chi connectivity index (χ0v) is 13.3. The van der Waals surface area contributed by atoms with Crippen LogP contribution in [-0.2, 0) is 11.3 Å². The number of hydrogen-bond acceptors (Lipinski definition) is 6. The molecule has 2 unspecified atom stereocenters. The van der Waals surface area contributed by atoms with Crippen LogP contribution in [0.3, 0.4) is 0 Å². The van der Waals surface area contributed by atoms with E-state index < -0.39 is 0 Å². The number of nitrogens with zero attached hydrogens (tertiary/aromatic N) is 2. The van der Waals surface area contributed by atoms with Gasteiger partial charge in [-0.05, 0) is 6.92 Å². The monoisotopic (exact) mass is 299 g/mol. The summed E-state index contributed by atoms with van der Waals surface area (Å²) in [6, 6.07) is 1.97. The Balaban J connectivity index is 2.26. The van der Waals surface area contributed by atoms with Gasteiger partial charge in [0.15, 0.2) is 0 Å². The summed E-state index contributed by atoms with van der Waals surface area (Å²) < 4.78 is 5.20. The van der Waals surface area contributed by atoms with E-state index in [1.165, 1.54) is 11.5 Å². The summed E-state index contributed by atoms with van der Waals surface area (Å²) in [6.45, 7) is 5.74. The van der Waals surface area contributed by atoms with E-state index in [4.69, 9.17) is 4.74 Å². The third-order valence-electron chi connectivity index (χ3n) is 2.89. The molecule has 0 spiro atoms. The van der Waals surface area contributed by atoms with Gasteiger partial charge in [0.25, 0.3) is 0 Å². The molecule has 0 radical (unpaired) electrons. The van der Waals surface area contributed by atoms with E-state index in [9.17, 15) is 0 Å². The van der Waals surface area contributed by atoms with Gasteiger partial charge in [0.2, 0.25) is 0 Å². The summed E-state index contributed by atoms with van der Waals surface area (Å²) >= 11 is 3.97. The summed E-state index contributed by atoms with van der Waals surface area (Å²) in [7, 11) is 1.70. The van der Waals surface area contributed by atoms with E-state index in [0.717, 1.165) is 23.9 Å². The van der Waals surface area contributed by atoms with Crippen molar-refractivity contribution in [3.63, 3.8) is 0 Å². The molecule has 0 aliphatic carbocycles. The molecule has 1 saturated heterocycles. The molecular weight excluding hydrogens is 278 g/mol. The van der Waals surface area contributed by atoms with Gasteiger partial charge in [-0.3, -0.25) is 0 Å². The third kappa shape index (κ3) is 4.00. The lowest BCUT2D eigenvalue weighted by Crippen LogP contribution is -2.19. The van der Waals surface area contributed by atoms with Crippen molar-refractivity contribution in [1.29, 1.82) is 0 Å². The van der Waals surface area contributed by atoms with Crippen molar-refractivity contribution in [2.24, 2.45) is 0 Å². The molecule has 0 saturated carbocycles. The van der Waals surface area contributed by atoms with E-state index >= 15 is 0 Å². The largest absolute Gasteiger partial charge is 0.378 e. The predicted molar refractivity (Wildman–Crippen MR) is 84.0 cm³/mol. The van der Waals surface area contributed by atoms with Crippen LogP contribution in [0.4, 0.5) is 5.82 Å². The minimum atomic E-state index is 0.382. The fraction of sp³-hybridized carbons (Fsp3) is 0.692. The van der Waals surface area contributed by atoms with Gasteiger partial charge in [0.05, 0.1) is 17.6 Å². The molecule has 6 heteroatoms. The van der Waals surface area contributed by atoms with Gasteiger partial charge in [-0.1, -0.05) is 6.92 Å². The molecule has 2 rings (SSSR count). The molecule has 2 atom stereocenters. The second-order valence-corrected chi connectivity index (χ2v) is 7.17. The molecule has 1 aromatic rings. The Hall–Kier alpha value is -0.460. The molecule has 1 N–H and O–H groups in total. The summed E-state index contributed by atoms with van der Waals surface area (Å²) in [6.07, 6.45) is 0. The highest BCUT2D eigenvalue weighted by molar-refractivity contribution is 8.06. The van der Waals surface area contributed by atoms with Gasteiger partial charge in [0, 0.05) is 36.5 Å². The van der Waals surface area contributed by atoms with Gasteiger partial charge >= 0.3 is 0 Å². The predicted octanol–water partition coefficient (Wildman–Crippen LogP) is 2.96. The van der Waals surface area contributed by atoms with Crippen LogP contribution in [0.25, 0.3) is 0 Å². The van der Waals surface area contributed by atoms with Crippen LogP contribution in [0.2, 0.25) is 0 Å². The number of anilines is 1. The SMILES string of the molecule is CCNc1cc(COC)nc(C2SCCSC2C)n1. The second kappa shape index (κ2) is 7.36. The van der Waals surface area contributed by atoms with E-state index in [0.29, 0.717) is 17.1 Å². The smallest absolute Gasteiger partial charge is 0.145 e. The number of ether oxygens (including phenoxy) is 1. The molecule has 2 heterocycles. The summed E-state index contributed by atoms with van der Waals surface area (Å²) in [5.74, 6) is 4.24. The lowest BCUT2D eigenvalue weighted by atomic mass is 10.3. The molecule has 19 heavy (non-hydrogen) atoms. The Kier molecular flexibility index (Phi) is 5.78. The molecule has 1 fully saturated rings. The van der Waals surface area contributed by atoms with Gasteiger partial charge in [-0.25, -0.2) is 9.97 Å². The normalized spacial score (nSPS) is 23.3. The number of rotatable bonds is 5.